The summed E-state index contributed by atoms with van der Waals surface area (Å²) < 4.78 is 53.6. The normalized spacial score (nSPS) is 27.2. The monoisotopic (exact) mass is 1020 g/mol. The van der Waals surface area contributed by atoms with Crippen LogP contribution in [0.2, 0.25) is 5.02 Å². The zero-order valence-electron chi connectivity index (χ0n) is 41.0. The van der Waals surface area contributed by atoms with Gasteiger partial charge in [0.2, 0.25) is 11.8 Å². The van der Waals surface area contributed by atoms with E-state index in [9.17, 15) is 37.9 Å². The van der Waals surface area contributed by atoms with Crippen LogP contribution in [0.25, 0.3) is 22.3 Å². The molecular formula is C49H64ClF2N7O10S. The molecule has 0 radical (unpaired) electrons. The minimum absolute atomic E-state index is 0.0171. The number of hydrogen-bond donors (Lipinski definition) is 4. The third kappa shape index (κ3) is 11.1. The highest BCUT2D eigenvalue weighted by atomic mass is 35.5. The number of thiazole rings is 1. The Morgan fingerprint density at radius 2 is 1.67 bits per heavy atom. The van der Waals surface area contributed by atoms with Crippen molar-refractivity contribution in [1.29, 1.82) is 0 Å². The molecule has 2 aromatic heterocycles. The van der Waals surface area contributed by atoms with Gasteiger partial charge in [0.05, 0.1) is 30.3 Å². The summed E-state index contributed by atoms with van der Waals surface area (Å²) in [4.78, 5) is 80.2. The molecule has 17 nitrogen and oxygen atoms in total. The molecule has 2 saturated heterocycles. The standard InChI is InChI=1S/C49H64ClF2N7O10S/c1-10-27-18-49(27,42(62)63)57-40(60)34-16-30(20-58(34)41(61)39(46(4,5)6)56-44(64)68-29-14-25-13-26(25)15-29)67-36-17-32(33-22-70-43(55-33)53-24(2)3)54-38-31(36)11-12-35(37(38)50)66-21-28-19-48(51,52)23-59(28)45(65)69-47(7,8)9/h11-12,17,22,24-30,34,39H,10,13-16,18-21,23H2,1-9H3,(H,53,55)(H,56,64)(H,57,60)(H,62,63)/t25-,26+,27-,28+,29+,30-,34+,39-,49-/m1/s1. The molecule has 382 valence electrons. The number of aromatic nitrogens is 2. The Morgan fingerprint density at radius 1 is 0.957 bits per heavy atom. The average molecular weight is 1020 g/mol. The largest absolute Gasteiger partial charge is 0.490 e. The lowest BCUT2D eigenvalue weighted by atomic mass is 9.85. The van der Waals surface area contributed by atoms with Crippen LogP contribution in [-0.2, 0) is 23.9 Å². The van der Waals surface area contributed by atoms with E-state index < -0.39 is 89.6 Å². The van der Waals surface area contributed by atoms with E-state index >= 15 is 0 Å². The molecule has 4 heterocycles. The van der Waals surface area contributed by atoms with Crippen molar-refractivity contribution in [3.63, 3.8) is 0 Å². The molecule has 2 aliphatic heterocycles. The summed E-state index contributed by atoms with van der Waals surface area (Å²) in [7, 11) is 0. The smallest absolute Gasteiger partial charge is 0.410 e. The summed E-state index contributed by atoms with van der Waals surface area (Å²) in [5.41, 5.74) is -2.23. The summed E-state index contributed by atoms with van der Waals surface area (Å²) in [6.07, 6.45) is 0.0428. The summed E-state index contributed by atoms with van der Waals surface area (Å²) in [5, 5.41) is 22.0. The number of carbonyl (C=O) groups is 5. The quantitative estimate of drug-likeness (QED) is 0.113. The van der Waals surface area contributed by atoms with Crippen molar-refractivity contribution >= 4 is 68.9 Å². The van der Waals surface area contributed by atoms with Gasteiger partial charge in [0.25, 0.3) is 5.92 Å². The molecular weight excluding hydrogens is 952 g/mol. The van der Waals surface area contributed by atoms with Crippen molar-refractivity contribution in [1.82, 2.24) is 30.4 Å². The number of alkyl halides is 2. The zero-order chi connectivity index (χ0) is 50.8. The molecule has 3 saturated carbocycles. The number of carboxylic acids is 1. The maximum Gasteiger partial charge on any atom is 0.410 e. The average Bonchev–Trinajstić information content (AvgIpc) is 3.81. The number of benzene rings is 1. The predicted octanol–water partition coefficient (Wildman–Crippen LogP) is 8.51. The molecule has 0 bridgehead atoms. The fourth-order valence-corrected chi connectivity index (χ4v) is 11.2. The number of nitrogens with zero attached hydrogens (tertiary/aromatic N) is 4. The van der Waals surface area contributed by atoms with Gasteiger partial charge >= 0.3 is 18.2 Å². The molecule has 0 spiro atoms. The summed E-state index contributed by atoms with van der Waals surface area (Å²) in [6.45, 7) is 14.8. The van der Waals surface area contributed by atoms with Crippen LogP contribution >= 0.6 is 22.9 Å². The lowest BCUT2D eigenvalue weighted by Gasteiger charge is -2.35. The number of aliphatic carboxylic acids is 1. The molecule has 3 aliphatic carbocycles. The molecule has 9 atom stereocenters. The number of ether oxygens (including phenoxy) is 4. The minimum atomic E-state index is -3.17. The first-order valence-electron chi connectivity index (χ1n) is 24.1. The van der Waals surface area contributed by atoms with Gasteiger partial charge in [-0.1, -0.05) is 45.7 Å². The molecule has 8 rings (SSSR count). The SMILES string of the molecule is CC[C@@H]1C[C@]1(NC(=O)[C@@H]1C[C@@H](Oc2cc(-c3csc(NC(C)C)n3)nc3c(Cl)c(OC[C@@H]4CC(F)(F)CN4C(=O)OC(C)(C)C)ccc23)CN1C(=O)[C@@H](NC(=O)O[C@@H]1C[C@@H]2C[C@@H]2C1)C(C)(C)C)C(=O)O. The van der Waals surface area contributed by atoms with Gasteiger partial charge in [-0.3, -0.25) is 14.5 Å². The summed E-state index contributed by atoms with van der Waals surface area (Å²) >= 11 is 8.45. The van der Waals surface area contributed by atoms with E-state index in [4.69, 9.17) is 40.5 Å². The van der Waals surface area contributed by atoms with Crippen LogP contribution in [-0.4, -0.2) is 128 Å². The van der Waals surface area contributed by atoms with E-state index in [1.807, 2.05) is 20.8 Å². The van der Waals surface area contributed by atoms with Crippen molar-refractivity contribution in [3.05, 3.63) is 28.6 Å². The van der Waals surface area contributed by atoms with E-state index in [0.29, 0.717) is 40.2 Å². The minimum Gasteiger partial charge on any atom is -0.490 e. The summed E-state index contributed by atoms with van der Waals surface area (Å²) in [5.74, 6) is -4.39. The van der Waals surface area contributed by atoms with Crippen LogP contribution in [0.5, 0.6) is 11.5 Å². The first kappa shape index (κ1) is 51.1. The molecule has 5 fully saturated rings. The van der Waals surface area contributed by atoms with Crippen LogP contribution < -0.4 is 25.4 Å². The zero-order valence-corrected chi connectivity index (χ0v) is 42.6. The highest BCUT2D eigenvalue weighted by molar-refractivity contribution is 7.14. The third-order valence-electron chi connectivity index (χ3n) is 13.8. The number of hydrogen-bond acceptors (Lipinski definition) is 13. The van der Waals surface area contributed by atoms with E-state index in [1.54, 1.807) is 59.1 Å². The van der Waals surface area contributed by atoms with E-state index in [-0.39, 0.29) is 66.1 Å². The van der Waals surface area contributed by atoms with E-state index in [1.165, 1.54) is 22.3 Å². The molecule has 1 aromatic carbocycles. The van der Waals surface area contributed by atoms with Crippen LogP contribution in [0.1, 0.15) is 107 Å². The van der Waals surface area contributed by atoms with Gasteiger partial charge in [0.15, 0.2) is 5.13 Å². The molecule has 5 aliphatic rings. The Morgan fingerprint density at radius 3 is 2.30 bits per heavy atom. The van der Waals surface area contributed by atoms with Crippen molar-refractivity contribution in [2.75, 3.05) is 25.0 Å². The number of rotatable bonds is 15. The molecule has 4 N–H and O–H groups in total. The third-order valence-corrected chi connectivity index (χ3v) is 14.9. The van der Waals surface area contributed by atoms with Gasteiger partial charge < -0.3 is 44.9 Å². The van der Waals surface area contributed by atoms with Crippen LogP contribution in [0.4, 0.5) is 23.5 Å². The first-order chi connectivity index (χ1) is 32.7. The predicted molar refractivity (Wildman–Crippen MR) is 257 cm³/mol. The van der Waals surface area contributed by atoms with Crippen molar-refractivity contribution in [3.8, 4) is 22.9 Å². The van der Waals surface area contributed by atoms with E-state index in [2.05, 4.69) is 16.0 Å². The Kier molecular flexibility index (Phi) is 13.9. The number of nitrogens with one attached hydrogen (secondary N) is 3. The van der Waals surface area contributed by atoms with Crippen LogP contribution in [0.15, 0.2) is 23.6 Å². The number of amides is 4. The number of carbonyl (C=O) groups excluding carboxylic acids is 4. The number of alkyl carbamates (subject to hydrolysis) is 1. The topological polar surface area (TPSA) is 211 Å². The summed E-state index contributed by atoms with van der Waals surface area (Å²) in [6, 6.07) is 1.55. The Labute approximate surface area is 415 Å². The lowest BCUT2D eigenvalue weighted by molar-refractivity contribution is -0.146. The Balaban J connectivity index is 1.10. The molecule has 21 heteroatoms. The van der Waals surface area contributed by atoms with Gasteiger partial charge in [-0.25, -0.2) is 33.1 Å². The number of anilines is 1. The van der Waals surface area contributed by atoms with E-state index in [0.717, 1.165) is 24.2 Å². The van der Waals surface area contributed by atoms with Gasteiger partial charge in [0.1, 0.15) is 64.3 Å². The van der Waals surface area contributed by atoms with Crippen molar-refractivity contribution in [2.24, 2.45) is 23.2 Å². The van der Waals surface area contributed by atoms with Crippen LogP contribution in [0.3, 0.4) is 0 Å². The fourth-order valence-electron chi connectivity index (χ4n) is 10.0. The van der Waals surface area contributed by atoms with Crippen molar-refractivity contribution < 1.29 is 56.8 Å². The second-order valence-corrected chi connectivity index (χ2v) is 23.2. The molecule has 3 aromatic rings. The molecule has 4 amide bonds. The van der Waals surface area contributed by atoms with Crippen molar-refractivity contribution in [2.45, 2.75) is 161 Å². The highest BCUT2D eigenvalue weighted by Gasteiger charge is 2.62. The molecule has 70 heavy (non-hydrogen) atoms. The van der Waals surface area contributed by atoms with Gasteiger partial charge in [-0.2, -0.15) is 0 Å². The fraction of sp³-hybridized carbons (Fsp3) is 0.653. The van der Waals surface area contributed by atoms with Gasteiger partial charge in [-0.15, -0.1) is 11.3 Å². The van der Waals surface area contributed by atoms with Gasteiger partial charge in [-0.05, 0) is 95.6 Å². The Bertz CT molecular complexity index is 2520. The number of halogens is 3. The van der Waals surface area contributed by atoms with Gasteiger partial charge in [0, 0.05) is 35.7 Å². The Hall–Kier alpha value is -5.24. The number of fused-ring (bicyclic) bond motifs is 2. The second kappa shape index (κ2) is 19.1. The number of likely N-dealkylation sites (tertiary alicyclic amines) is 2. The lowest BCUT2D eigenvalue weighted by Crippen LogP contribution is -2.59. The first-order valence-corrected chi connectivity index (χ1v) is 25.4. The number of pyridine rings is 1. The number of carboxylic acid groups (broad SMARTS) is 1. The maximum absolute atomic E-state index is 14.9. The highest BCUT2D eigenvalue weighted by Crippen LogP contribution is 2.53. The van der Waals surface area contributed by atoms with Crippen LogP contribution in [0, 0.1) is 23.2 Å². The molecule has 0 unspecified atom stereocenters. The second-order valence-electron chi connectivity index (χ2n) is 22.0. The maximum atomic E-state index is 14.9.